The van der Waals surface area contributed by atoms with E-state index >= 15 is 0 Å². The van der Waals surface area contributed by atoms with E-state index < -0.39 is 22.2 Å². The van der Waals surface area contributed by atoms with Crippen molar-refractivity contribution >= 4 is 45.2 Å². The molecule has 10 nitrogen and oxygen atoms in total. The van der Waals surface area contributed by atoms with E-state index in [1.165, 1.54) is 13.0 Å². The van der Waals surface area contributed by atoms with Crippen molar-refractivity contribution in [1.29, 1.82) is 0 Å². The second kappa shape index (κ2) is 8.44. The first-order valence-corrected chi connectivity index (χ1v) is 12.9. The number of fused-ring (bicyclic) bond motifs is 5. The highest BCUT2D eigenvalue weighted by atomic mass is 16.6. The van der Waals surface area contributed by atoms with Crippen LogP contribution in [0.25, 0.3) is 21.8 Å². The van der Waals surface area contributed by atoms with Gasteiger partial charge in [0.1, 0.15) is 5.82 Å². The molecule has 198 valence electrons. The molecular formula is C30H23N5O5. The number of benzene rings is 2. The van der Waals surface area contributed by atoms with E-state index in [1.54, 1.807) is 24.5 Å². The van der Waals surface area contributed by atoms with Crippen molar-refractivity contribution in [2.45, 2.75) is 37.6 Å². The molecule has 1 amide bonds. The fraction of sp³-hybridized carbons (Fsp3) is 0.200. The molecule has 2 aliphatic rings. The summed E-state index contributed by atoms with van der Waals surface area (Å²) in [6, 6.07) is 16.6. The van der Waals surface area contributed by atoms with Crippen LogP contribution in [0.15, 0.2) is 67.0 Å². The molecule has 1 aliphatic heterocycles. The molecule has 0 fully saturated rings. The van der Waals surface area contributed by atoms with Crippen molar-refractivity contribution in [3.8, 4) is 0 Å². The largest absolute Gasteiger partial charge is 0.481 e. The maximum absolute atomic E-state index is 13.1. The smallest absolute Gasteiger partial charge is 0.310 e. The van der Waals surface area contributed by atoms with Gasteiger partial charge in [-0.1, -0.05) is 18.2 Å². The summed E-state index contributed by atoms with van der Waals surface area (Å²) in [5.74, 6) is -1.38. The van der Waals surface area contributed by atoms with Crippen molar-refractivity contribution in [1.82, 2.24) is 14.5 Å². The van der Waals surface area contributed by atoms with E-state index in [4.69, 9.17) is 4.98 Å². The van der Waals surface area contributed by atoms with Gasteiger partial charge in [0, 0.05) is 29.4 Å². The first-order chi connectivity index (χ1) is 19.2. The lowest BCUT2D eigenvalue weighted by Gasteiger charge is -2.20. The highest BCUT2D eigenvalue weighted by Crippen LogP contribution is 2.47. The number of nitro benzene ring substituents is 1. The van der Waals surface area contributed by atoms with Crippen molar-refractivity contribution in [2.75, 3.05) is 5.32 Å². The predicted molar refractivity (Wildman–Crippen MR) is 147 cm³/mol. The monoisotopic (exact) mass is 533 g/mol. The average Bonchev–Trinajstić information content (AvgIpc) is 3.58. The fourth-order valence-corrected chi connectivity index (χ4v) is 6.31. The lowest BCUT2D eigenvalue weighted by Crippen LogP contribution is -2.35. The first-order valence-electron chi connectivity index (χ1n) is 12.9. The zero-order valence-corrected chi connectivity index (χ0v) is 21.4. The average molecular weight is 534 g/mol. The number of aliphatic carboxylic acids is 1. The highest BCUT2D eigenvalue weighted by Gasteiger charge is 2.51. The van der Waals surface area contributed by atoms with Gasteiger partial charge in [0.25, 0.3) is 5.69 Å². The van der Waals surface area contributed by atoms with Crippen molar-refractivity contribution in [3.05, 3.63) is 105 Å². The van der Waals surface area contributed by atoms with E-state index in [0.29, 0.717) is 41.7 Å². The molecule has 2 atom stereocenters. The summed E-state index contributed by atoms with van der Waals surface area (Å²) in [5.41, 5.74) is 4.82. The number of nitrogens with zero attached hydrogens (tertiary/aromatic N) is 4. The summed E-state index contributed by atoms with van der Waals surface area (Å²) < 4.78 is 1.82. The zero-order valence-electron chi connectivity index (χ0n) is 21.4. The number of rotatable bonds is 5. The Balaban J connectivity index is 1.27. The van der Waals surface area contributed by atoms with Gasteiger partial charge in [0.2, 0.25) is 5.91 Å². The standard InChI is InChI=1S/C30H23N5O5/c1-16(28(36)37)21-15-34(24-5-2-6-25(26(21)24)35(39)40)14-20-8-7-17-10-18-12-30(13-19(18)11-23(17)32-20)22-4-3-9-31-27(22)33-29(30)38/h2-11,15-16H,12-14H2,1H3,(H,36,37)(H,31,33,38)/t16?,30-/m0/s1. The number of carboxylic acids is 1. The molecule has 0 saturated heterocycles. The molecule has 4 heterocycles. The summed E-state index contributed by atoms with van der Waals surface area (Å²) in [4.78, 5) is 45.4. The Morgan fingerprint density at radius 1 is 1.18 bits per heavy atom. The maximum atomic E-state index is 13.1. The van der Waals surface area contributed by atoms with Crippen LogP contribution in [0.3, 0.4) is 0 Å². The lowest BCUT2D eigenvalue weighted by atomic mass is 9.79. The van der Waals surface area contributed by atoms with Gasteiger partial charge >= 0.3 is 5.97 Å². The molecule has 1 aliphatic carbocycles. The van der Waals surface area contributed by atoms with Gasteiger partial charge in [-0.25, -0.2) is 4.98 Å². The van der Waals surface area contributed by atoms with Crippen LogP contribution in [0, 0.1) is 10.1 Å². The number of anilines is 1. The highest BCUT2D eigenvalue weighted by molar-refractivity contribution is 6.06. The summed E-state index contributed by atoms with van der Waals surface area (Å²) in [5, 5.41) is 25.6. The predicted octanol–water partition coefficient (Wildman–Crippen LogP) is 4.72. The summed E-state index contributed by atoms with van der Waals surface area (Å²) in [6.07, 6.45) is 4.52. The normalized spacial score (nSPS) is 18.2. The molecule has 0 radical (unpaired) electrons. The molecule has 0 saturated carbocycles. The Kier molecular flexibility index (Phi) is 5.05. The summed E-state index contributed by atoms with van der Waals surface area (Å²) >= 11 is 0. The summed E-state index contributed by atoms with van der Waals surface area (Å²) in [7, 11) is 0. The summed E-state index contributed by atoms with van der Waals surface area (Å²) in [6.45, 7) is 1.83. The third kappa shape index (κ3) is 3.42. The molecular weight excluding hydrogens is 510 g/mol. The number of carboxylic acid groups (broad SMARTS) is 1. The van der Waals surface area contributed by atoms with Crippen LogP contribution in [-0.2, 0) is 34.4 Å². The number of hydrogen-bond donors (Lipinski definition) is 2. The second-order valence-corrected chi connectivity index (χ2v) is 10.6. The van der Waals surface area contributed by atoms with Crippen LogP contribution in [0.4, 0.5) is 11.5 Å². The van der Waals surface area contributed by atoms with Crippen LogP contribution in [0.2, 0.25) is 0 Å². The SMILES string of the molecule is CC(C(=O)O)c1cn(Cc2ccc3cc4c(cc3n2)C[C@]2(C4)C(=O)Nc3ncccc32)c2cccc([N+](=O)[O-])c12. The number of hydrogen-bond acceptors (Lipinski definition) is 6. The van der Waals surface area contributed by atoms with E-state index in [1.807, 2.05) is 34.9 Å². The molecule has 5 aromatic rings. The van der Waals surface area contributed by atoms with Crippen molar-refractivity contribution in [3.63, 3.8) is 0 Å². The molecule has 0 bridgehead atoms. The number of carbonyl (C=O) groups excluding carboxylic acids is 1. The van der Waals surface area contributed by atoms with E-state index in [9.17, 15) is 24.8 Å². The van der Waals surface area contributed by atoms with Gasteiger partial charge in [0.05, 0.1) is 44.9 Å². The lowest BCUT2D eigenvalue weighted by molar-refractivity contribution is -0.383. The van der Waals surface area contributed by atoms with E-state index in [0.717, 1.165) is 33.3 Å². The molecule has 2 N–H and O–H groups in total. The Bertz CT molecular complexity index is 1930. The number of non-ortho nitro benzene ring substituents is 1. The van der Waals surface area contributed by atoms with Crippen LogP contribution in [0.5, 0.6) is 0 Å². The number of carbonyl (C=O) groups is 2. The molecule has 1 spiro atoms. The van der Waals surface area contributed by atoms with Crippen LogP contribution in [0.1, 0.15) is 40.8 Å². The van der Waals surface area contributed by atoms with Crippen LogP contribution < -0.4 is 5.32 Å². The molecule has 1 unspecified atom stereocenters. The maximum Gasteiger partial charge on any atom is 0.310 e. The second-order valence-electron chi connectivity index (χ2n) is 10.6. The Labute approximate surface area is 227 Å². The zero-order chi connectivity index (χ0) is 27.8. The minimum atomic E-state index is -1.05. The molecule has 3 aromatic heterocycles. The third-order valence-corrected chi connectivity index (χ3v) is 8.32. The van der Waals surface area contributed by atoms with Gasteiger partial charge in [-0.05, 0) is 66.8 Å². The van der Waals surface area contributed by atoms with Crippen LogP contribution in [-0.4, -0.2) is 36.4 Å². The van der Waals surface area contributed by atoms with Crippen LogP contribution >= 0.6 is 0 Å². The number of amides is 1. The van der Waals surface area contributed by atoms with Crippen molar-refractivity contribution in [2.24, 2.45) is 0 Å². The Morgan fingerprint density at radius 2 is 1.98 bits per heavy atom. The first kappa shape index (κ1) is 24.0. The van der Waals surface area contributed by atoms with Gasteiger partial charge in [-0.15, -0.1) is 0 Å². The quantitative estimate of drug-likeness (QED) is 0.246. The Hall–Kier alpha value is -5.12. The molecule has 10 heteroatoms. The van der Waals surface area contributed by atoms with Gasteiger partial charge in [0.15, 0.2) is 0 Å². The van der Waals surface area contributed by atoms with E-state index in [2.05, 4.69) is 16.4 Å². The molecule has 2 aromatic carbocycles. The number of pyridine rings is 2. The van der Waals surface area contributed by atoms with Gasteiger partial charge < -0.3 is 15.0 Å². The fourth-order valence-electron chi connectivity index (χ4n) is 6.31. The van der Waals surface area contributed by atoms with Gasteiger partial charge in [-0.2, -0.15) is 0 Å². The van der Waals surface area contributed by atoms with Gasteiger partial charge in [-0.3, -0.25) is 24.7 Å². The minimum absolute atomic E-state index is 0.0323. The molecule has 7 rings (SSSR count). The minimum Gasteiger partial charge on any atom is -0.481 e. The number of nitrogens with one attached hydrogen (secondary N) is 1. The van der Waals surface area contributed by atoms with E-state index in [-0.39, 0.29) is 11.6 Å². The third-order valence-electron chi connectivity index (χ3n) is 8.32. The Morgan fingerprint density at radius 3 is 2.75 bits per heavy atom. The van der Waals surface area contributed by atoms with Crippen molar-refractivity contribution < 1.29 is 19.6 Å². The topological polar surface area (TPSA) is 140 Å². The number of nitro groups is 1. The molecule has 40 heavy (non-hydrogen) atoms. The number of aromatic nitrogens is 3.